The van der Waals surface area contributed by atoms with Crippen LogP contribution in [-0.4, -0.2) is 22.4 Å². The molecular formula is C21H22N2O. The Morgan fingerprint density at radius 3 is 2.21 bits per heavy atom. The number of hydrogen-bond donors (Lipinski definition) is 0. The number of likely N-dealkylation sites (N-methyl/N-ethyl adjacent to an activating group) is 1. The summed E-state index contributed by atoms with van der Waals surface area (Å²) in [6.07, 6.45) is 4.44. The summed E-state index contributed by atoms with van der Waals surface area (Å²) in [5.41, 5.74) is 3.28. The van der Waals surface area contributed by atoms with Crippen molar-refractivity contribution in [2.75, 3.05) is 7.05 Å². The van der Waals surface area contributed by atoms with Crippen LogP contribution in [0.2, 0.25) is 0 Å². The summed E-state index contributed by atoms with van der Waals surface area (Å²) < 4.78 is 2.05. The smallest absolute Gasteiger partial charge is 0.227 e. The molecule has 3 aromatic rings. The number of carbonyl (C=O) groups is 1. The third-order valence-electron chi connectivity index (χ3n) is 4.45. The molecule has 3 heteroatoms. The molecule has 0 aliphatic carbocycles. The van der Waals surface area contributed by atoms with E-state index in [1.807, 2.05) is 78.9 Å². The number of aromatic nitrogens is 1. The van der Waals surface area contributed by atoms with Gasteiger partial charge in [-0.25, -0.2) is 0 Å². The number of hydrogen-bond acceptors (Lipinski definition) is 1. The lowest BCUT2D eigenvalue weighted by molar-refractivity contribution is -0.131. The van der Waals surface area contributed by atoms with Crippen molar-refractivity contribution in [2.24, 2.45) is 0 Å². The van der Waals surface area contributed by atoms with Crippen LogP contribution >= 0.6 is 0 Å². The highest BCUT2D eigenvalue weighted by Crippen LogP contribution is 2.19. The van der Waals surface area contributed by atoms with Crippen LogP contribution in [0, 0.1) is 0 Å². The summed E-state index contributed by atoms with van der Waals surface area (Å²) in [7, 11) is 1.87. The van der Waals surface area contributed by atoms with E-state index in [-0.39, 0.29) is 11.9 Å². The molecule has 0 aliphatic rings. The van der Waals surface area contributed by atoms with Gasteiger partial charge in [0.2, 0.25) is 5.91 Å². The van der Waals surface area contributed by atoms with Crippen molar-refractivity contribution < 1.29 is 4.79 Å². The molecule has 3 rings (SSSR count). The molecule has 1 heterocycles. The zero-order valence-electron chi connectivity index (χ0n) is 14.1. The third-order valence-corrected chi connectivity index (χ3v) is 4.45. The van der Waals surface area contributed by atoms with Crippen molar-refractivity contribution in [3.05, 3.63) is 90.3 Å². The standard InChI is InChI=1S/C21H22N2O/c1-17(19-8-4-3-5-9-19)22(2)21(24)16-18-10-12-20(13-11-18)23-14-6-7-15-23/h3-15,17H,16H2,1-2H3. The second-order valence-electron chi connectivity index (χ2n) is 6.02. The van der Waals surface area contributed by atoms with Gasteiger partial charge in [0.25, 0.3) is 0 Å². The Labute approximate surface area is 143 Å². The summed E-state index contributed by atoms with van der Waals surface area (Å²) in [6.45, 7) is 2.06. The number of benzene rings is 2. The van der Waals surface area contributed by atoms with Gasteiger partial charge >= 0.3 is 0 Å². The maximum atomic E-state index is 12.6. The zero-order chi connectivity index (χ0) is 16.9. The van der Waals surface area contributed by atoms with Crippen LogP contribution in [0.4, 0.5) is 0 Å². The van der Waals surface area contributed by atoms with Crippen LogP contribution in [0.1, 0.15) is 24.1 Å². The van der Waals surface area contributed by atoms with Gasteiger partial charge in [0.05, 0.1) is 12.5 Å². The van der Waals surface area contributed by atoms with Crippen LogP contribution in [0.3, 0.4) is 0 Å². The number of amides is 1. The lowest BCUT2D eigenvalue weighted by Crippen LogP contribution is -2.30. The highest BCUT2D eigenvalue weighted by atomic mass is 16.2. The van der Waals surface area contributed by atoms with Crippen molar-refractivity contribution in [2.45, 2.75) is 19.4 Å². The molecule has 0 N–H and O–H groups in total. The molecule has 122 valence electrons. The van der Waals surface area contributed by atoms with Gasteiger partial charge < -0.3 is 9.47 Å². The van der Waals surface area contributed by atoms with Crippen molar-refractivity contribution in [3.63, 3.8) is 0 Å². The SMILES string of the molecule is CC(c1ccccc1)N(C)C(=O)Cc1ccc(-n2cccc2)cc1. The van der Waals surface area contributed by atoms with Crippen LogP contribution < -0.4 is 0 Å². The monoisotopic (exact) mass is 318 g/mol. The topological polar surface area (TPSA) is 25.2 Å². The first kappa shape index (κ1) is 16.1. The predicted octanol–water partition coefficient (Wildman–Crippen LogP) is 4.24. The van der Waals surface area contributed by atoms with Crippen molar-refractivity contribution in [3.8, 4) is 5.69 Å². The quantitative estimate of drug-likeness (QED) is 0.691. The predicted molar refractivity (Wildman–Crippen MR) is 97.1 cm³/mol. The summed E-state index contributed by atoms with van der Waals surface area (Å²) in [5.74, 6) is 0.125. The molecule has 1 aromatic heterocycles. The molecule has 0 aliphatic heterocycles. The molecule has 0 radical (unpaired) electrons. The summed E-state index contributed by atoms with van der Waals surface area (Å²) >= 11 is 0. The second kappa shape index (κ2) is 7.18. The minimum absolute atomic E-state index is 0.0675. The van der Waals surface area contributed by atoms with Crippen molar-refractivity contribution >= 4 is 5.91 Å². The van der Waals surface area contributed by atoms with E-state index in [9.17, 15) is 4.79 Å². The molecule has 1 amide bonds. The zero-order valence-corrected chi connectivity index (χ0v) is 14.1. The maximum absolute atomic E-state index is 12.6. The maximum Gasteiger partial charge on any atom is 0.227 e. The van der Waals surface area contributed by atoms with Gasteiger partial charge in [-0.1, -0.05) is 42.5 Å². The van der Waals surface area contributed by atoms with Crippen molar-refractivity contribution in [1.29, 1.82) is 0 Å². The van der Waals surface area contributed by atoms with E-state index in [4.69, 9.17) is 0 Å². The van der Waals surface area contributed by atoms with Gasteiger partial charge in [-0.2, -0.15) is 0 Å². The Morgan fingerprint density at radius 2 is 1.58 bits per heavy atom. The average molecular weight is 318 g/mol. The normalized spacial score (nSPS) is 11.9. The molecule has 1 unspecified atom stereocenters. The molecule has 1 atom stereocenters. The molecule has 2 aromatic carbocycles. The summed E-state index contributed by atoms with van der Waals surface area (Å²) in [5, 5.41) is 0. The van der Waals surface area contributed by atoms with Gasteiger partial charge in [-0.15, -0.1) is 0 Å². The molecule has 0 bridgehead atoms. The van der Waals surface area contributed by atoms with E-state index in [2.05, 4.69) is 23.6 Å². The van der Waals surface area contributed by atoms with Gasteiger partial charge in [-0.05, 0) is 42.3 Å². The van der Waals surface area contributed by atoms with Crippen LogP contribution in [0.5, 0.6) is 0 Å². The van der Waals surface area contributed by atoms with Crippen LogP contribution in [-0.2, 0) is 11.2 Å². The van der Waals surface area contributed by atoms with Gasteiger partial charge in [0, 0.05) is 25.1 Å². The fourth-order valence-electron chi connectivity index (χ4n) is 2.76. The lowest BCUT2D eigenvalue weighted by Gasteiger charge is -2.25. The lowest BCUT2D eigenvalue weighted by atomic mass is 10.1. The van der Waals surface area contributed by atoms with Gasteiger partial charge in [-0.3, -0.25) is 4.79 Å². The van der Waals surface area contributed by atoms with Gasteiger partial charge in [0.15, 0.2) is 0 Å². The van der Waals surface area contributed by atoms with Crippen molar-refractivity contribution in [1.82, 2.24) is 9.47 Å². The number of nitrogens with zero attached hydrogens (tertiary/aromatic N) is 2. The fraction of sp³-hybridized carbons (Fsp3) is 0.190. The average Bonchev–Trinajstić information content (AvgIpc) is 3.16. The highest BCUT2D eigenvalue weighted by molar-refractivity contribution is 5.79. The van der Waals surface area contributed by atoms with Gasteiger partial charge in [0.1, 0.15) is 0 Å². The summed E-state index contributed by atoms with van der Waals surface area (Å²) in [4.78, 5) is 14.4. The largest absolute Gasteiger partial charge is 0.339 e. The minimum atomic E-state index is 0.0675. The minimum Gasteiger partial charge on any atom is -0.339 e. The number of rotatable bonds is 5. The first-order valence-electron chi connectivity index (χ1n) is 8.18. The molecule has 0 saturated heterocycles. The Kier molecular flexibility index (Phi) is 4.80. The third kappa shape index (κ3) is 3.57. The van der Waals surface area contributed by atoms with Crippen LogP contribution in [0.25, 0.3) is 5.69 Å². The Hall–Kier alpha value is -2.81. The first-order chi connectivity index (χ1) is 11.6. The Bertz CT molecular complexity index is 776. The van der Waals surface area contributed by atoms with E-state index in [0.29, 0.717) is 6.42 Å². The molecule has 0 spiro atoms. The van der Waals surface area contributed by atoms with E-state index in [1.54, 1.807) is 0 Å². The molecule has 24 heavy (non-hydrogen) atoms. The molecule has 3 nitrogen and oxygen atoms in total. The van der Waals surface area contributed by atoms with E-state index < -0.39 is 0 Å². The van der Waals surface area contributed by atoms with E-state index >= 15 is 0 Å². The van der Waals surface area contributed by atoms with E-state index in [0.717, 1.165) is 16.8 Å². The Balaban J connectivity index is 1.66. The fourth-order valence-corrected chi connectivity index (χ4v) is 2.76. The van der Waals surface area contributed by atoms with Crippen LogP contribution in [0.15, 0.2) is 79.1 Å². The highest BCUT2D eigenvalue weighted by Gasteiger charge is 2.17. The Morgan fingerprint density at radius 1 is 0.958 bits per heavy atom. The summed E-state index contributed by atoms with van der Waals surface area (Å²) in [6, 6.07) is 22.3. The molecule has 0 fully saturated rings. The van der Waals surface area contributed by atoms with E-state index in [1.165, 1.54) is 0 Å². The molecule has 0 saturated carbocycles. The molecular weight excluding hydrogens is 296 g/mol. The number of carbonyl (C=O) groups excluding carboxylic acids is 1. The second-order valence-corrected chi connectivity index (χ2v) is 6.02. The first-order valence-corrected chi connectivity index (χ1v) is 8.18.